The van der Waals surface area contributed by atoms with Crippen LogP contribution in [0.5, 0.6) is 0 Å². The molecule has 0 bridgehead atoms. The fourth-order valence-electron chi connectivity index (χ4n) is 3.56. The number of nitrogens with one attached hydrogen (secondary N) is 1. The molecule has 1 heterocycles. The zero-order valence-corrected chi connectivity index (χ0v) is 10.4. The van der Waals surface area contributed by atoms with Crippen LogP contribution >= 0.6 is 0 Å². The van der Waals surface area contributed by atoms with Crippen molar-refractivity contribution in [1.82, 2.24) is 5.32 Å². The number of unbranched alkanes of at least 4 members (excludes halogenated alkanes) is 3. The van der Waals surface area contributed by atoms with Crippen molar-refractivity contribution >= 4 is 0 Å². The predicted molar refractivity (Wildman–Crippen MR) is 66.0 cm³/mol. The van der Waals surface area contributed by atoms with Gasteiger partial charge in [0.2, 0.25) is 0 Å². The molecule has 0 aromatic heterocycles. The van der Waals surface area contributed by atoms with Crippen LogP contribution in [-0.2, 0) is 0 Å². The van der Waals surface area contributed by atoms with E-state index in [0.717, 1.165) is 11.3 Å². The third-order valence-corrected chi connectivity index (χ3v) is 4.70. The van der Waals surface area contributed by atoms with E-state index < -0.39 is 0 Å². The lowest BCUT2D eigenvalue weighted by Crippen LogP contribution is -2.57. The molecule has 2 aliphatic rings. The van der Waals surface area contributed by atoms with Crippen LogP contribution < -0.4 is 5.32 Å². The van der Waals surface area contributed by atoms with Crippen LogP contribution in [0.2, 0.25) is 0 Å². The fourth-order valence-corrected chi connectivity index (χ4v) is 3.56. The summed E-state index contributed by atoms with van der Waals surface area (Å²) in [5.74, 6) is 1.07. The molecule has 1 heteroatoms. The Kier molecular flexibility index (Phi) is 4.07. The Bertz CT molecular complexity index is 178. The third-order valence-electron chi connectivity index (χ3n) is 4.70. The van der Waals surface area contributed by atoms with E-state index in [0.29, 0.717) is 0 Å². The van der Waals surface area contributed by atoms with E-state index in [4.69, 9.17) is 0 Å². The largest absolute Gasteiger partial charge is 0.316 e. The van der Waals surface area contributed by atoms with Crippen molar-refractivity contribution in [2.75, 3.05) is 13.1 Å². The molecule has 2 fully saturated rings. The Balaban J connectivity index is 1.75. The first-order valence-corrected chi connectivity index (χ1v) is 7.08. The maximum atomic E-state index is 3.52. The van der Waals surface area contributed by atoms with Gasteiger partial charge in [0.05, 0.1) is 0 Å². The minimum Gasteiger partial charge on any atom is -0.316 e. The molecule has 1 aliphatic heterocycles. The van der Waals surface area contributed by atoms with Gasteiger partial charge in [0.15, 0.2) is 0 Å². The van der Waals surface area contributed by atoms with E-state index in [-0.39, 0.29) is 0 Å². The predicted octanol–water partition coefficient (Wildman–Crippen LogP) is 3.74. The second-order valence-electron chi connectivity index (χ2n) is 5.76. The minimum atomic E-state index is 0.740. The topological polar surface area (TPSA) is 12.0 Å². The van der Waals surface area contributed by atoms with Crippen LogP contribution in [0.15, 0.2) is 0 Å². The summed E-state index contributed by atoms with van der Waals surface area (Å²) in [6.45, 7) is 4.95. The number of hydrogen-bond acceptors (Lipinski definition) is 1. The molecule has 1 saturated carbocycles. The summed E-state index contributed by atoms with van der Waals surface area (Å²) in [5.41, 5.74) is 0.740. The van der Waals surface area contributed by atoms with Gasteiger partial charge in [-0.2, -0.15) is 0 Å². The molecule has 2 rings (SSSR count). The van der Waals surface area contributed by atoms with Gasteiger partial charge in [0, 0.05) is 13.1 Å². The summed E-state index contributed by atoms with van der Waals surface area (Å²) in [6, 6.07) is 0. The van der Waals surface area contributed by atoms with Crippen LogP contribution in [0.4, 0.5) is 0 Å². The van der Waals surface area contributed by atoms with E-state index in [2.05, 4.69) is 12.2 Å². The summed E-state index contributed by atoms with van der Waals surface area (Å²) >= 11 is 0. The van der Waals surface area contributed by atoms with Crippen LogP contribution in [0, 0.1) is 11.3 Å². The van der Waals surface area contributed by atoms with Crippen molar-refractivity contribution in [2.45, 2.75) is 64.7 Å². The van der Waals surface area contributed by atoms with Gasteiger partial charge in [-0.1, -0.05) is 45.4 Å². The maximum Gasteiger partial charge on any atom is 0.00229 e. The first-order valence-electron chi connectivity index (χ1n) is 7.08. The Hall–Kier alpha value is -0.0400. The second-order valence-corrected chi connectivity index (χ2v) is 5.76. The molecule has 0 atom stereocenters. The summed E-state index contributed by atoms with van der Waals surface area (Å²) < 4.78 is 0. The minimum absolute atomic E-state index is 0.740. The van der Waals surface area contributed by atoms with Gasteiger partial charge in [-0.25, -0.2) is 0 Å². The Labute approximate surface area is 95.0 Å². The fraction of sp³-hybridized carbons (Fsp3) is 1.00. The molecule has 1 aliphatic carbocycles. The molecular weight excluding hydrogens is 182 g/mol. The number of rotatable bonds is 6. The Morgan fingerprint density at radius 3 is 2.33 bits per heavy atom. The van der Waals surface area contributed by atoms with E-state index in [1.165, 1.54) is 70.9 Å². The molecule has 0 spiro atoms. The highest BCUT2D eigenvalue weighted by Crippen LogP contribution is 2.45. The van der Waals surface area contributed by atoms with Gasteiger partial charge in [-0.3, -0.25) is 0 Å². The zero-order chi connectivity index (χ0) is 10.6. The van der Waals surface area contributed by atoms with Crippen LogP contribution in [0.1, 0.15) is 64.7 Å². The van der Waals surface area contributed by atoms with Crippen LogP contribution in [0.3, 0.4) is 0 Å². The van der Waals surface area contributed by atoms with E-state index in [1.807, 2.05) is 0 Å². The van der Waals surface area contributed by atoms with Gasteiger partial charge >= 0.3 is 0 Å². The van der Waals surface area contributed by atoms with E-state index >= 15 is 0 Å². The van der Waals surface area contributed by atoms with Crippen LogP contribution in [0.25, 0.3) is 0 Å². The van der Waals surface area contributed by atoms with Gasteiger partial charge in [-0.15, -0.1) is 0 Å². The molecule has 0 unspecified atom stereocenters. The van der Waals surface area contributed by atoms with E-state index in [1.54, 1.807) is 0 Å². The van der Waals surface area contributed by atoms with Gasteiger partial charge in [0.25, 0.3) is 0 Å². The zero-order valence-electron chi connectivity index (χ0n) is 10.4. The summed E-state index contributed by atoms with van der Waals surface area (Å²) in [6.07, 6.45) is 13.3. The Morgan fingerprint density at radius 1 is 1.07 bits per heavy atom. The SMILES string of the molecule is CCCCCCC1(C2CCCC2)CNC1. The van der Waals surface area contributed by atoms with Gasteiger partial charge in [0.1, 0.15) is 0 Å². The standard InChI is InChI=1S/C14H27N/c1-2-3-4-7-10-14(11-15-12-14)13-8-5-6-9-13/h13,15H,2-12H2,1H3. The summed E-state index contributed by atoms with van der Waals surface area (Å²) in [4.78, 5) is 0. The first-order chi connectivity index (χ1) is 7.37. The smallest absolute Gasteiger partial charge is 0.00229 e. The lowest BCUT2D eigenvalue weighted by Gasteiger charge is -2.48. The normalized spacial score (nSPS) is 25.4. The lowest BCUT2D eigenvalue weighted by atomic mass is 9.66. The summed E-state index contributed by atoms with van der Waals surface area (Å²) in [7, 11) is 0. The van der Waals surface area contributed by atoms with E-state index in [9.17, 15) is 0 Å². The maximum absolute atomic E-state index is 3.52. The highest BCUT2D eigenvalue weighted by atomic mass is 15.0. The molecule has 1 nitrogen and oxygen atoms in total. The molecule has 0 radical (unpaired) electrons. The van der Waals surface area contributed by atoms with Gasteiger partial charge in [-0.05, 0) is 30.6 Å². The molecule has 0 amide bonds. The van der Waals surface area contributed by atoms with Crippen molar-refractivity contribution in [3.05, 3.63) is 0 Å². The third kappa shape index (κ3) is 2.55. The molecular formula is C14H27N. The van der Waals surface area contributed by atoms with Crippen molar-refractivity contribution in [3.63, 3.8) is 0 Å². The lowest BCUT2D eigenvalue weighted by molar-refractivity contribution is 0.0665. The molecule has 0 aromatic rings. The van der Waals surface area contributed by atoms with Gasteiger partial charge < -0.3 is 5.32 Å². The van der Waals surface area contributed by atoms with Crippen molar-refractivity contribution in [3.8, 4) is 0 Å². The summed E-state index contributed by atoms with van der Waals surface area (Å²) in [5, 5.41) is 3.52. The van der Waals surface area contributed by atoms with Crippen molar-refractivity contribution < 1.29 is 0 Å². The number of hydrogen-bond donors (Lipinski definition) is 1. The first kappa shape index (κ1) is 11.4. The van der Waals surface area contributed by atoms with Crippen LogP contribution in [-0.4, -0.2) is 13.1 Å². The average Bonchev–Trinajstić information content (AvgIpc) is 2.69. The molecule has 88 valence electrons. The average molecular weight is 209 g/mol. The highest BCUT2D eigenvalue weighted by molar-refractivity contribution is 4.98. The van der Waals surface area contributed by atoms with Crippen molar-refractivity contribution in [1.29, 1.82) is 0 Å². The highest BCUT2D eigenvalue weighted by Gasteiger charge is 2.43. The Morgan fingerprint density at radius 2 is 1.80 bits per heavy atom. The molecule has 0 aromatic carbocycles. The quantitative estimate of drug-likeness (QED) is 0.657. The monoisotopic (exact) mass is 209 g/mol. The molecule has 15 heavy (non-hydrogen) atoms. The second kappa shape index (κ2) is 5.34. The van der Waals surface area contributed by atoms with Crippen molar-refractivity contribution in [2.24, 2.45) is 11.3 Å². The molecule has 1 saturated heterocycles. The molecule has 1 N–H and O–H groups in total.